The molecule has 0 atom stereocenters. The number of aromatic nitrogens is 2. The van der Waals surface area contributed by atoms with E-state index in [1.165, 1.54) is 0 Å². The smallest absolute Gasteiger partial charge is 0.222 e. The molecule has 6 heteroatoms. The molecule has 1 aliphatic rings. The predicted molar refractivity (Wildman–Crippen MR) is 96.5 cm³/mol. The van der Waals surface area contributed by atoms with Crippen molar-refractivity contribution < 1.29 is 4.79 Å². The van der Waals surface area contributed by atoms with Crippen molar-refractivity contribution in [1.82, 2.24) is 20.4 Å². The van der Waals surface area contributed by atoms with Gasteiger partial charge in [0, 0.05) is 29.2 Å². The zero-order chi connectivity index (χ0) is 17.4. The van der Waals surface area contributed by atoms with E-state index in [9.17, 15) is 4.79 Å². The fraction of sp³-hybridized carbons (Fsp3) is 0.765. The lowest BCUT2D eigenvalue weighted by Crippen LogP contribution is -2.62. The number of nitrogens with zero attached hydrogens (tertiary/aromatic N) is 2. The van der Waals surface area contributed by atoms with E-state index >= 15 is 0 Å². The summed E-state index contributed by atoms with van der Waals surface area (Å²) in [7, 11) is 0. The number of amides is 1. The van der Waals surface area contributed by atoms with Crippen molar-refractivity contribution in [2.24, 2.45) is 0 Å². The highest BCUT2D eigenvalue weighted by Crippen LogP contribution is 2.28. The Bertz CT molecular complexity index is 576. The average molecular weight is 385 g/mol. The molecule has 1 fully saturated rings. The van der Waals surface area contributed by atoms with E-state index in [4.69, 9.17) is 0 Å². The summed E-state index contributed by atoms with van der Waals surface area (Å²) in [5, 5.41) is 11.3. The SMILES string of the molecule is Cc1nn(CCC(=O)NC2CC(C)(C)NC(C)(C)C2)c(C)c1Br. The maximum Gasteiger partial charge on any atom is 0.222 e. The van der Waals surface area contributed by atoms with Crippen molar-refractivity contribution in [3.8, 4) is 0 Å². The summed E-state index contributed by atoms with van der Waals surface area (Å²) >= 11 is 3.52. The van der Waals surface area contributed by atoms with Crippen molar-refractivity contribution in [1.29, 1.82) is 0 Å². The third-order valence-corrected chi connectivity index (χ3v) is 5.55. The van der Waals surface area contributed by atoms with Crippen LogP contribution in [0.3, 0.4) is 0 Å². The van der Waals surface area contributed by atoms with Crippen LogP contribution in [0.5, 0.6) is 0 Å². The standard InChI is InChI=1S/C17H29BrN4O/c1-11-15(18)12(2)22(20-11)8-7-14(23)19-13-9-16(3,4)21-17(5,6)10-13/h13,21H,7-10H2,1-6H3,(H,19,23). The molecule has 0 radical (unpaired) electrons. The lowest BCUT2D eigenvalue weighted by atomic mass is 9.79. The molecule has 2 rings (SSSR count). The van der Waals surface area contributed by atoms with Gasteiger partial charge in [0.05, 0.1) is 16.7 Å². The second-order valence-corrected chi connectivity index (χ2v) is 8.82. The van der Waals surface area contributed by atoms with Crippen molar-refractivity contribution >= 4 is 21.8 Å². The summed E-state index contributed by atoms with van der Waals surface area (Å²) < 4.78 is 2.93. The molecule has 5 nitrogen and oxygen atoms in total. The number of rotatable bonds is 4. The summed E-state index contributed by atoms with van der Waals surface area (Å²) in [5.74, 6) is 0.104. The van der Waals surface area contributed by atoms with Gasteiger partial charge in [-0.3, -0.25) is 9.48 Å². The van der Waals surface area contributed by atoms with Gasteiger partial charge in [0.15, 0.2) is 0 Å². The Balaban J connectivity index is 1.90. The van der Waals surface area contributed by atoms with Gasteiger partial charge in [-0.2, -0.15) is 5.10 Å². The molecule has 23 heavy (non-hydrogen) atoms. The largest absolute Gasteiger partial charge is 0.353 e. The van der Waals surface area contributed by atoms with Crippen LogP contribution in [0.2, 0.25) is 0 Å². The normalized spacial score (nSPS) is 20.5. The van der Waals surface area contributed by atoms with E-state index in [0.29, 0.717) is 13.0 Å². The lowest BCUT2D eigenvalue weighted by molar-refractivity contribution is -0.122. The van der Waals surface area contributed by atoms with Gasteiger partial charge < -0.3 is 10.6 Å². The summed E-state index contributed by atoms with van der Waals surface area (Å²) in [4.78, 5) is 12.3. The minimum Gasteiger partial charge on any atom is -0.353 e. The van der Waals surface area contributed by atoms with Crippen molar-refractivity contribution in [3.05, 3.63) is 15.9 Å². The molecular weight excluding hydrogens is 356 g/mol. The molecule has 0 spiro atoms. The van der Waals surface area contributed by atoms with E-state index in [0.717, 1.165) is 28.7 Å². The van der Waals surface area contributed by atoms with Gasteiger partial charge in [0.1, 0.15) is 0 Å². The minimum absolute atomic E-state index is 0.0419. The number of hydrogen-bond donors (Lipinski definition) is 2. The molecule has 0 bridgehead atoms. The Morgan fingerprint density at radius 3 is 2.35 bits per heavy atom. The van der Waals surface area contributed by atoms with Crippen LogP contribution in [-0.4, -0.2) is 32.8 Å². The molecule has 0 unspecified atom stereocenters. The number of piperidine rings is 1. The molecule has 1 aliphatic heterocycles. The number of carbonyl (C=O) groups excluding carboxylic acids is 1. The van der Waals surface area contributed by atoms with Crippen molar-refractivity contribution in [2.45, 2.75) is 84.5 Å². The summed E-state index contributed by atoms with van der Waals surface area (Å²) in [5.41, 5.74) is 2.12. The Morgan fingerprint density at radius 2 is 1.87 bits per heavy atom. The zero-order valence-electron chi connectivity index (χ0n) is 15.1. The van der Waals surface area contributed by atoms with E-state index < -0.39 is 0 Å². The molecule has 1 aromatic heterocycles. The Morgan fingerprint density at radius 1 is 1.30 bits per heavy atom. The van der Waals surface area contributed by atoms with E-state index in [1.54, 1.807) is 0 Å². The fourth-order valence-electron chi connectivity index (χ4n) is 3.82. The summed E-state index contributed by atoms with van der Waals surface area (Å²) in [6.45, 7) is 13.4. The van der Waals surface area contributed by atoms with E-state index in [1.807, 2.05) is 18.5 Å². The Labute approximate surface area is 147 Å². The van der Waals surface area contributed by atoms with Gasteiger partial charge in [-0.25, -0.2) is 0 Å². The lowest BCUT2D eigenvalue weighted by Gasteiger charge is -2.46. The van der Waals surface area contributed by atoms with Gasteiger partial charge in [0.2, 0.25) is 5.91 Å². The first kappa shape index (κ1) is 18.5. The molecule has 2 heterocycles. The van der Waals surface area contributed by atoms with Crippen LogP contribution in [0.4, 0.5) is 0 Å². The first-order valence-electron chi connectivity index (χ1n) is 8.27. The Kier molecular flexibility index (Phi) is 5.26. The first-order chi connectivity index (χ1) is 10.5. The molecule has 0 aliphatic carbocycles. The molecular formula is C17H29BrN4O. The van der Waals surface area contributed by atoms with Crippen molar-refractivity contribution in [3.63, 3.8) is 0 Å². The molecule has 1 amide bonds. The molecule has 1 saturated heterocycles. The van der Waals surface area contributed by atoms with Crippen LogP contribution in [0, 0.1) is 13.8 Å². The maximum absolute atomic E-state index is 12.3. The van der Waals surface area contributed by atoms with Gasteiger partial charge in [-0.05, 0) is 70.3 Å². The average Bonchev–Trinajstić information content (AvgIpc) is 2.60. The van der Waals surface area contributed by atoms with Gasteiger partial charge >= 0.3 is 0 Å². The predicted octanol–water partition coefficient (Wildman–Crippen LogP) is 3.08. The van der Waals surface area contributed by atoms with Crippen LogP contribution in [-0.2, 0) is 11.3 Å². The summed E-state index contributed by atoms with van der Waals surface area (Å²) in [6.07, 6.45) is 2.36. The third-order valence-electron chi connectivity index (χ3n) is 4.40. The van der Waals surface area contributed by atoms with Crippen molar-refractivity contribution in [2.75, 3.05) is 0 Å². The number of aryl methyl sites for hydroxylation is 2. The Hall–Kier alpha value is -0.880. The van der Waals surface area contributed by atoms with E-state index in [-0.39, 0.29) is 23.0 Å². The molecule has 0 aromatic carbocycles. The molecule has 0 saturated carbocycles. The highest BCUT2D eigenvalue weighted by molar-refractivity contribution is 9.10. The van der Waals surface area contributed by atoms with Crippen LogP contribution in [0.15, 0.2) is 4.47 Å². The van der Waals surface area contributed by atoms with Crippen LogP contribution in [0.25, 0.3) is 0 Å². The van der Waals surface area contributed by atoms with Crippen LogP contribution in [0.1, 0.15) is 58.3 Å². The molecule has 1 aromatic rings. The van der Waals surface area contributed by atoms with E-state index in [2.05, 4.69) is 59.4 Å². The number of nitrogens with one attached hydrogen (secondary N) is 2. The number of halogens is 1. The monoisotopic (exact) mass is 384 g/mol. The highest BCUT2D eigenvalue weighted by Gasteiger charge is 2.38. The number of hydrogen-bond acceptors (Lipinski definition) is 3. The van der Waals surface area contributed by atoms with Crippen LogP contribution >= 0.6 is 15.9 Å². The minimum atomic E-state index is 0.0419. The zero-order valence-corrected chi connectivity index (χ0v) is 16.7. The van der Waals surface area contributed by atoms with Crippen LogP contribution < -0.4 is 10.6 Å². The fourth-order valence-corrected chi connectivity index (χ4v) is 4.11. The quantitative estimate of drug-likeness (QED) is 0.838. The maximum atomic E-state index is 12.3. The van der Waals surface area contributed by atoms with Gasteiger partial charge in [-0.15, -0.1) is 0 Å². The first-order valence-corrected chi connectivity index (χ1v) is 9.07. The third kappa shape index (κ3) is 4.80. The number of carbonyl (C=O) groups is 1. The molecule has 2 N–H and O–H groups in total. The topological polar surface area (TPSA) is 59.0 Å². The molecule has 130 valence electrons. The van der Waals surface area contributed by atoms with Gasteiger partial charge in [-0.1, -0.05) is 0 Å². The second-order valence-electron chi connectivity index (χ2n) is 8.02. The van der Waals surface area contributed by atoms with Gasteiger partial charge in [0.25, 0.3) is 0 Å². The second kappa shape index (κ2) is 6.55. The highest BCUT2D eigenvalue weighted by atomic mass is 79.9. The summed E-state index contributed by atoms with van der Waals surface area (Å²) in [6, 6.07) is 0.223.